The monoisotopic (exact) mass is 207 g/mol. The Bertz CT molecular complexity index is 314. The molecule has 1 aromatic rings. The second-order valence-corrected chi connectivity index (χ2v) is 3.30. The number of halogens is 3. The molecule has 0 saturated heterocycles. The third kappa shape index (κ3) is 2.06. The number of nitrogens with two attached hydrogens (primary N) is 1. The summed E-state index contributed by atoms with van der Waals surface area (Å²) in [6.45, 7) is 3.32. The van der Waals surface area contributed by atoms with Gasteiger partial charge < -0.3 is 10.7 Å². The van der Waals surface area contributed by atoms with Crippen molar-refractivity contribution in [3.63, 3.8) is 0 Å². The molecule has 0 fully saturated rings. The molecule has 1 heterocycles. The molecular weight excluding hydrogens is 195 g/mol. The summed E-state index contributed by atoms with van der Waals surface area (Å²) in [7, 11) is 0. The van der Waals surface area contributed by atoms with Crippen LogP contribution in [0.5, 0.6) is 0 Å². The van der Waals surface area contributed by atoms with E-state index in [-0.39, 0.29) is 24.0 Å². The third-order valence-electron chi connectivity index (χ3n) is 1.82. The summed E-state index contributed by atoms with van der Waals surface area (Å²) in [5.74, 6) is -0.0829. The Morgan fingerprint density at radius 3 is 2.29 bits per heavy atom. The van der Waals surface area contributed by atoms with E-state index in [1.807, 2.05) is 0 Å². The van der Waals surface area contributed by atoms with Gasteiger partial charge in [-0.15, -0.1) is 0 Å². The van der Waals surface area contributed by atoms with Crippen molar-refractivity contribution in [3.8, 4) is 0 Å². The molecule has 0 atom stereocenters. The number of aromatic nitrogens is 2. The molecule has 1 rings (SSSR count). The lowest BCUT2D eigenvalue weighted by Gasteiger charge is -2.07. The van der Waals surface area contributed by atoms with E-state index >= 15 is 0 Å². The van der Waals surface area contributed by atoms with Crippen LogP contribution in [-0.4, -0.2) is 9.97 Å². The van der Waals surface area contributed by atoms with Gasteiger partial charge in [-0.05, 0) is 5.92 Å². The number of H-pyrrole nitrogens is 1. The third-order valence-corrected chi connectivity index (χ3v) is 1.82. The van der Waals surface area contributed by atoms with Crippen LogP contribution >= 0.6 is 0 Å². The van der Waals surface area contributed by atoms with Gasteiger partial charge >= 0.3 is 6.18 Å². The maximum Gasteiger partial charge on any atom is 0.435 e. The smallest absolute Gasteiger partial charge is 0.344 e. The summed E-state index contributed by atoms with van der Waals surface area (Å²) in [5.41, 5.74) is 4.46. The van der Waals surface area contributed by atoms with Gasteiger partial charge in [0, 0.05) is 5.69 Å². The quantitative estimate of drug-likeness (QED) is 0.779. The predicted molar refractivity (Wildman–Crippen MR) is 45.6 cm³/mol. The summed E-state index contributed by atoms with van der Waals surface area (Å²) < 4.78 is 37.3. The fourth-order valence-corrected chi connectivity index (χ4v) is 1.17. The highest BCUT2D eigenvalue weighted by molar-refractivity contribution is 5.20. The van der Waals surface area contributed by atoms with E-state index in [0.717, 1.165) is 0 Å². The fourth-order valence-electron chi connectivity index (χ4n) is 1.17. The number of nitrogens with one attached hydrogen (secondary N) is 1. The van der Waals surface area contributed by atoms with Crippen molar-refractivity contribution in [1.29, 1.82) is 0 Å². The molecular formula is C8H12F3N3. The molecule has 14 heavy (non-hydrogen) atoms. The molecule has 0 saturated carbocycles. The van der Waals surface area contributed by atoms with Crippen LogP contribution in [0.4, 0.5) is 13.2 Å². The Balaban J connectivity index is 3.19. The van der Waals surface area contributed by atoms with E-state index < -0.39 is 11.9 Å². The van der Waals surface area contributed by atoms with Gasteiger partial charge in [0.2, 0.25) is 0 Å². The minimum Gasteiger partial charge on any atom is -0.344 e. The molecule has 6 heteroatoms. The molecule has 80 valence electrons. The van der Waals surface area contributed by atoms with Crippen molar-refractivity contribution >= 4 is 0 Å². The molecule has 0 aromatic carbocycles. The van der Waals surface area contributed by atoms with E-state index in [4.69, 9.17) is 5.73 Å². The zero-order chi connectivity index (χ0) is 10.9. The van der Waals surface area contributed by atoms with Crippen LogP contribution < -0.4 is 5.73 Å². The molecule has 0 aliphatic carbocycles. The Morgan fingerprint density at radius 1 is 1.43 bits per heavy atom. The Morgan fingerprint density at radius 2 is 2.00 bits per heavy atom. The van der Waals surface area contributed by atoms with Crippen LogP contribution in [0.15, 0.2) is 0 Å². The summed E-state index contributed by atoms with van der Waals surface area (Å²) in [6, 6.07) is 0. The lowest BCUT2D eigenvalue weighted by atomic mass is 10.1. The molecule has 0 aliphatic heterocycles. The molecule has 1 aromatic heterocycles. The average molecular weight is 207 g/mol. The van der Waals surface area contributed by atoms with Crippen molar-refractivity contribution in [3.05, 3.63) is 17.2 Å². The molecule has 0 bridgehead atoms. The summed E-state index contributed by atoms with van der Waals surface area (Å²) in [6.07, 6.45) is -4.41. The van der Waals surface area contributed by atoms with Crippen LogP contribution in [0, 0.1) is 0 Å². The predicted octanol–water partition coefficient (Wildman–Crippen LogP) is 2.01. The van der Waals surface area contributed by atoms with Gasteiger partial charge in [-0.25, -0.2) is 4.98 Å². The van der Waals surface area contributed by atoms with Crippen LogP contribution in [0.25, 0.3) is 0 Å². The van der Waals surface area contributed by atoms with E-state index in [1.165, 1.54) is 0 Å². The van der Waals surface area contributed by atoms with Crippen molar-refractivity contribution in [2.45, 2.75) is 32.5 Å². The van der Waals surface area contributed by atoms with Crippen molar-refractivity contribution in [2.24, 2.45) is 5.73 Å². The van der Waals surface area contributed by atoms with Gasteiger partial charge in [-0.3, -0.25) is 0 Å². The van der Waals surface area contributed by atoms with Crippen LogP contribution in [0.2, 0.25) is 0 Å². The van der Waals surface area contributed by atoms with Crippen LogP contribution in [-0.2, 0) is 12.7 Å². The number of aromatic amines is 1. The molecule has 3 N–H and O–H groups in total. The SMILES string of the molecule is CC(C)c1[nH]c(CN)nc1C(F)(F)F. The van der Waals surface area contributed by atoms with Crippen molar-refractivity contribution in [1.82, 2.24) is 9.97 Å². The first-order valence-corrected chi connectivity index (χ1v) is 4.22. The highest BCUT2D eigenvalue weighted by Gasteiger charge is 2.37. The minimum absolute atomic E-state index is 0.0181. The second kappa shape index (κ2) is 3.61. The van der Waals surface area contributed by atoms with E-state index in [0.29, 0.717) is 0 Å². The molecule has 0 radical (unpaired) electrons. The number of imidazole rings is 1. The Hall–Kier alpha value is -1.04. The number of alkyl halides is 3. The number of rotatable bonds is 2. The lowest BCUT2D eigenvalue weighted by molar-refractivity contribution is -0.141. The minimum atomic E-state index is -4.41. The number of hydrogen-bond donors (Lipinski definition) is 2. The summed E-state index contributed by atoms with van der Waals surface area (Å²) >= 11 is 0. The first-order valence-electron chi connectivity index (χ1n) is 4.22. The number of hydrogen-bond acceptors (Lipinski definition) is 2. The maximum absolute atomic E-state index is 12.4. The van der Waals surface area contributed by atoms with E-state index in [2.05, 4.69) is 9.97 Å². The van der Waals surface area contributed by atoms with Gasteiger partial charge in [0.1, 0.15) is 5.82 Å². The Labute approximate surface area is 79.5 Å². The molecule has 0 amide bonds. The first-order chi connectivity index (χ1) is 6.36. The standard InChI is InChI=1S/C8H12F3N3/c1-4(2)6-7(8(9,10)11)14-5(3-12)13-6/h4H,3,12H2,1-2H3,(H,13,14). The van der Waals surface area contributed by atoms with Gasteiger partial charge in [0.05, 0.1) is 6.54 Å². The van der Waals surface area contributed by atoms with E-state index in [1.54, 1.807) is 13.8 Å². The van der Waals surface area contributed by atoms with Crippen LogP contribution in [0.3, 0.4) is 0 Å². The van der Waals surface area contributed by atoms with E-state index in [9.17, 15) is 13.2 Å². The Kier molecular flexibility index (Phi) is 2.84. The van der Waals surface area contributed by atoms with Gasteiger partial charge in [0.25, 0.3) is 0 Å². The van der Waals surface area contributed by atoms with Crippen molar-refractivity contribution < 1.29 is 13.2 Å². The molecule has 3 nitrogen and oxygen atoms in total. The number of nitrogens with zero attached hydrogens (tertiary/aromatic N) is 1. The highest BCUT2D eigenvalue weighted by atomic mass is 19.4. The summed E-state index contributed by atoms with van der Waals surface area (Å²) in [4.78, 5) is 6.00. The topological polar surface area (TPSA) is 54.7 Å². The zero-order valence-corrected chi connectivity index (χ0v) is 7.94. The maximum atomic E-state index is 12.4. The normalized spacial score (nSPS) is 12.5. The molecule has 0 unspecified atom stereocenters. The zero-order valence-electron chi connectivity index (χ0n) is 7.94. The van der Waals surface area contributed by atoms with Gasteiger partial charge in [0.15, 0.2) is 5.69 Å². The first kappa shape index (κ1) is 11.0. The fraction of sp³-hybridized carbons (Fsp3) is 0.625. The highest BCUT2D eigenvalue weighted by Crippen LogP contribution is 2.33. The summed E-state index contributed by atoms with van der Waals surface area (Å²) in [5, 5.41) is 0. The van der Waals surface area contributed by atoms with Crippen molar-refractivity contribution in [2.75, 3.05) is 0 Å². The van der Waals surface area contributed by atoms with Gasteiger partial charge in [-0.1, -0.05) is 13.8 Å². The largest absolute Gasteiger partial charge is 0.435 e. The average Bonchev–Trinajstić information content (AvgIpc) is 2.46. The molecule has 0 spiro atoms. The lowest BCUT2D eigenvalue weighted by Crippen LogP contribution is -2.10. The second-order valence-electron chi connectivity index (χ2n) is 3.30. The molecule has 0 aliphatic rings. The van der Waals surface area contributed by atoms with Crippen LogP contribution in [0.1, 0.15) is 37.0 Å². The van der Waals surface area contributed by atoms with Gasteiger partial charge in [-0.2, -0.15) is 13.2 Å².